The molecule has 0 saturated heterocycles. The molecule has 0 aliphatic rings. The van der Waals surface area contributed by atoms with Crippen molar-refractivity contribution in [1.29, 1.82) is 0 Å². The van der Waals surface area contributed by atoms with Gasteiger partial charge in [0.1, 0.15) is 6.61 Å². The molecule has 2 aromatic carbocycles. The van der Waals surface area contributed by atoms with Crippen LogP contribution in [0.25, 0.3) is 22.3 Å². The predicted octanol–water partition coefficient (Wildman–Crippen LogP) is 3.30. The second-order valence-corrected chi connectivity index (χ2v) is 6.79. The summed E-state index contributed by atoms with van der Waals surface area (Å²) in [4.78, 5) is 38.3. The topological polar surface area (TPSA) is 125 Å². The van der Waals surface area contributed by atoms with Gasteiger partial charge in [-0.3, -0.25) is 19.9 Å². The lowest BCUT2D eigenvalue weighted by atomic mass is 10.1. The van der Waals surface area contributed by atoms with Crippen LogP contribution in [-0.2, 0) is 9.53 Å². The number of H-pyrrole nitrogens is 2. The number of imidazole rings is 1. The first-order chi connectivity index (χ1) is 14.5. The number of amides is 1. The molecular weight excluding hydrogens is 408 g/mol. The first-order valence-corrected chi connectivity index (χ1v) is 9.31. The van der Waals surface area contributed by atoms with Crippen molar-refractivity contribution in [2.24, 2.45) is 0 Å². The van der Waals surface area contributed by atoms with Crippen LogP contribution in [0.2, 0.25) is 5.02 Å². The Balaban J connectivity index is 1.64. The monoisotopic (exact) mass is 424 g/mol. The summed E-state index contributed by atoms with van der Waals surface area (Å²) < 4.78 is 4.79. The van der Waals surface area contributed by atoms with Gasteiger partial charge in [0.05, 0.1) is 27.4 Å². The van der Waals surface area contributed by atoms with Crippen LogP contribution in [-0.4, -0.2) is 39.6 Å². The van der Waals surface area contributed by atoms with Gasteiger partial charge >= 0.3 is 0 Å². The van der Waals surface area contributed by atoms with Crippen molar-refractivity contribution in [3.8, 4) is 11.3 Å². The first-order valence-electron chi connectivity index (χ1n) is 8.93. The van der Waals surface area contributed by atoms with E-state index in [-0.39, 0.29) is 24.0 Å². The third-order valence-corrected chi connectivity index (χ3v) is 4.51. The molecule has 0 aliphatic carbocycles. The molecule has 4 rings (SSSR count). The van der Waals surface area contributed by atoms with E-state index in [4.69, 9.17) is 16.3 Å². The van der Waals surface area contributed by atoms with Crippen LogP contribution in [0.15, 0.2) is 53.3 Å². The number of anilines is 3. The average Bonchev–Trinajstić information content (AvgIpc) is 3.10. The summed E-state index contributed by atoms with van der Waals surface area (Å²) in [5.74, 6) is 0.260. The number of aromatic nitrogens is 4. The van der Waals surface area contributed by atoms with E-state index in [0.29, 0.717) is 38.9 Å². The van der Waals surface area contributed by atoms with Crippen LogP contribution >= 0.6 is 11.6 Å². The molecule has 0 radical (unpaired) electrons. The summed E-state index contributed by atoms with van der Waals surface area (Å²) in [5, 5.41) is 6.15. The van der Waals surface area contributed by atoms with E-state index in [1.54, 1.807) is 30.3 Å². The molecule has 30 heavy (non-hydrogen) atoms. The number of aromatic amines is 2. The lowest BCUT2D eigenvalue weighted by Gasteiger charge is -2.08. The van der Waals surface area contributed by atoms with Crippen molar-refractivity contribution < 1.29 is 9.53 Å². The Hall–Kier alpha value is -3.69. The smallest absolute Gasteiger partial charge is 0.252 e. The van der Waals surface area contributed by atoms with Gasteiger partial charge in [-0.05, 0) is 24.3 Å². The maximum atomic E-state index is 12.2. The molecule has 0 fully saturated rings. The SMILES string of the molecule is COCC(=O)Nc1nc2ccc(-c3cc(=O)[nH]c(Nc4ccccc4Cl)n3)cc2[nH]1. The minimum absolute atomic E-state index is 0.0692. The number of ether oxygens (including phenoxy) is 1. The van der Waals surface area contributed by atoms with Gasteiger partial charge in [0.25, 0.3) is 11.5 Å². The molecule has 10 heteroatoms. The van der Waals surface area contributed by atoms with E-state index in [2.05, 4.69) is 30.6 Å². The van der Waals surface area contributed by atoms with Crippen molar-refractivity contribution >= 4 is 46.1 Å². The number of fused-ring (bicyclic) bond motifs is 1. The van der Waals surface area contributed by atoms with Gasteiger partial charge in [0.2, 0.25) is 11.9 Å². The maximum absolute atomic E-state index is 12.2. The number of rotatable bonds is 6. The molecule has 2 heterocycles. The third-order valence-electron chi connectivity index (χ3n) is 4.18. The molecule has 4 aromatic rings. The minimum Gasteiger partial charge on any atom is -0.375 e. The molecule has 0 spiro atoms. The van der Waals surface area contributed by atoms with Crippen molar-refractivity contribution in [3.05, 3.63) is 63.9 Å². The molecule has 2 aromatic heterocycles. The predicted molar refractivity (Wildman–Crippen MR) is 115 cm³/mol. The Labute approximate surface area is 175 Å². The highest BCUT2D eigenvalue weighted by molar-refractivity contribution is 6.33. The number of halogens is 1. The Kier molecular flexibility index (Phi) is 5.46. The molecule has 9 nitrogen and oxygen atoms in total. The maximum Gasteiger partial charge on any atom is 0.252 e. The second kappa shape index (κ2) is 8.36. The molecule has 0 unspecified atom stereocenters. The van der Waals surface area contributed by atoms with E-state index < -0.39 is 0 Å². The normalized spacial score (nSPS) is 10.9. The van der Waals surface area contributed by atoms with Crippen molar-refractivity contribution in [3.63, 3.8) is 0 Å². The quantitative estimate of drug-likeness (QED) is 0.376. The molecule has 0 bridgehead atoms. The molecule has 152 valence electrons. The van der Waals surface area contributed by atoms with Gasteiger partial charge in [-0.2, -0.15) is 0 Å². The van der Waals surface area contributed by atoms with Crippen LogP contribution in [0.5, 0.6) is 0 Å². The van der Waals surface area contributed by atoms with E-state index in [9.17, 15) is 9.59 Å². The molecule has 0 saturated carbocycles. The van der Waals surface area contributed by atoms with Gasteiger partial charge in [-0.1, -0.05) is 29.8 Å². The van der Waals surface area contributed by atoms with Crippen LogP contribution < -0.4 is 16.2 Å². The minimum atomic E-state index is -0.316. The Morgan fingerprint density at radius 3 is 2.73 bits per heavy atom. The fourth-order valence-electron chi connectivity index (χ4n) is 2.88. The Morgan fingerprint density at radius 2 is 1.93 bits per heavy atom. The van der Waals surface area contributed by atoms with E-state index >= 15 is 0 Å². The number of carbonyl (C=O) groups is 1. The van der Waals surface area contributed by atoms with Crippen LogP contribution in [0.1, 0.15) is 0 Å². The average molecular weight is 425 g/mol. The van der Waals surface area contributed by atoms with Gasteiger partial charge in [-0.25, -0.2) is 9.97 Å². The molecule has 4 N–H and O–H groups in total. The zero-order chi connectivity index (χ0) is 21.1. The van der Waals surface area contributed by atoms with Gasteiger partial charge in [-0.15, -0.1) is 0 Å². The molecule has 0 atom stereocenters. The van der Waals surface area contributed by atoms with Gasteiger partial charge in [0, 0.05) is 18.7 Å². The lowest BCUT2D eigenvalue weighted by Crippen LogP contribution is -2.17. The number of para-hydroxylation sites is 1. The number of benzene rings is 2. The zero-order valence-electron chi connectivity index (χ0n) is 15.8. The zero-order valence-corrected chi connectivity index (χ0v) is 16.6. The number of nitrogens with one attached hydrogen (secondary N) is 4. The Morgan fingerprint density at radius 1 is 1.10 bits per heavy atom. The standard InChI is InChI=1S/C20H17ClN6O3/c1-30-10-18(29)27-20-23-14-7-6-11(8-16(14)25-20)15-9-17(28)26-19(24-15)22-13-5-3-2-4-12(13)21/h2-9H,10H2,1H3,(H2,22,24,26,28)(H2,23,25,27,29). The van der Waals surface area contributed by atoms with E-state index in [1.165, 1.54) is 13.2 Å². The summed E-state index contributed by atoms with van der Waals surface area (Å²) in [5.41, 5.74) is 2.82. The van der Waals surface area contributed by atoms with Crippen molar-refractivity contribution in [1.82, 2.24) is 19.9 Å². The summed E-state index contributed by atoms with van der Waals surface area (Å²) in [6, 6.07) is 13.9. The van der Waals surface area contributed by atoms with Crippen molar-refractivity contribution in [2.75, 3.05) is 24.4 Å². The Bertz CT molecular complexity index is 1280. The highest BCUT2D eigenvalue weighted by Crippen LogP contribution is 2.25. The number of hydrogen-bond acceptors (Lipinski definition) is 6. The fourth-order valence-corrected chi connectivity index (χ4v) is 3.07. The molecule has 0 aliphatic heterocycles. The van der Waals surface area contributed by atoms with Gasteiger partial charge < -0.3 is 15.0 Å². The van der Waals surface area contributed by atoms with Crippen LogP contribution in [0, 0.1) is 0 Å². The lowest BCUT2D eigenvalue weighted by molar-refractivity contribution is -0.119. The second-order valence-electron chi connectivity index (χ2n) is 6.38. The van der Waals surface area contributed by atoms with Gasteiger partial charge in [0.15, 0.2) is 0 Å². The summed E-state index contributed by atoms with van der Waals surface area (Å²) >= 11 is 6.16. The number of carbonyl (C=O) groups excluding carboxylic acids is 1. The first kappa shape index (κ1) is 19.6. The number of hydrogen-bond donors (Lipinski definition) is 4. The van der Waals surface area contributed by atoms with E-state index in [0.717, 1.165) is 0 Å². The van der Waals surface area contributed by atoms with Crippen molar-refractivity contribution in [2.45, 2.75) is 0 Å². The summed E-state index contributed by atoms with van der Waals surface area (Å²) in [6.07, 6.45) is 0. The fraction of sp³-hybridized carbons (Fsp3) is 0.100. The highest BCUT2D eigenvalue weighted by atomic mass is 35.5. The third kappa shape index (κ3) is 4.32. The van der Waals surface area contributed by atoms with Crippen LogP contribution in [0.4, 0.5) is 17.6 Å². The highest BCUT2D eigenvalue weighted by Gasteiger charge is 2.10. The number of methoxy groups -OCH3 is 1. The largest absolute Gasteiger partial charge is 0.375 e. The summed E-state index contributed by atoms with van der Waals surface area (Å²) in [7, 11) is 1.44. The van der Waals surface area contributed by atoms with Crippen LogP contribution in [0.3, 0.4) is 0 Å². The molecular formula is C20H17ClN6O3. The molecule has 1 amide bonds. The number of nitrogens with zero attached hydrogens (tertiary/aromatic N) is 2. The summed E-state index contributed by atoms with van der Waals surface area (Å²) in [6.45, 7) is -0.0692. The van der Waals surface area contributed by atoms with E-state index in [1.807, 2.05) is 12.1 Å².